The van der Waals surface area contributed by atoms with Gasteiger partial charge in [-0.05, 0) is 32.8 Å². The monoisotopic (exact) mass is 384 g/mol. The van der Waals surface area contributed by atoms with E-state index >= 15 is 0 Å². The smallest absolute Gasteiger partial charge is 0.247 e. The highest BCUT2D eigenvalue weighted by molar-refractivity contribution is 7.13. The van der Waals surface area contributed by atoms with Gasteiger partial charge in [0.2, 0.25) is 5.91 Å². The SMILES string of the molecule is Cc1cc(NC(=O)Cn2ccc(-c3scnc3C)n2)n(C2CCCCC2)n1. The van der Waals surface area contributed by atoms with Crippen molar-refractivity contribution >= 4 is 23.1 Å². The van der Waals surface area contributed by atoms with Crippen molar-refractivity contribution in [2.45, 2.75) is 58.5 Å². The van der Waals surface area contributed by atoms with E-state index in [9.17, 15) is 4.79 Å². The molecule has 3 heterocycles. The maximum absolute atomic E-state index is 12.6. The molecule has 3 aromatic rings. The summed E-state index contributed by atoms with van der Waals surface area (Å²) in [6, 6.07) is 4.25. The van der Waals surface area contributed by atoms with Gasteiger partial charge in [-0.15, -0.1) is 11.3 Å². The molecule has 1 aliphatic rings. The van der Waals surface area contributed by atoms with E-state index in [1.54, 1.807) is 16.0 Å². The lowest BCUT2D eigenvalue weighted by Gasteiger charge is -2.23. The average Bonchev–Trinajstić information content (AvgIpc) is 3.36. The van der Waals surface area contributed by atoms with Crippen molar-refractivity contribution in [3.05, 3.63) is 35.2 Å². The van der Waals surface area contributed by atoms with Crippen molar-refractivity contribution in [3.8, 4) is 10.6 Å². The van der Waals surface area contributed by atoms with E-state index in [1.807, 2.05) is 42.4 Å². The molecule has 0 radical (unpaired) electrons. The van der Waals surface area contributed by atoms with Crippen molar-refractivity contribution in [3.63, 3.8) is 0 Å². The van der Waals surface area contributed by atoms with Gasteiger partial charge in [-0.3, -0.25) is 9.48 Å². The summed E-state index contributed by atoms with van der Waals surface area (Å²) in [5.74, 6) is 0.692. The molecule has 1 N–H and O–H groups in total. The molecule has 3 aromatic heterocycles. The van der Waals surface area contributed by atoms with E-state index in [1.165, 1.54) is 19.3 Å². The molecule has 0 spiro atoms. The summed E-state index contributed by atoms with van der Waals surface area (Å²) >= 11 is 1.56. The number of aryl methyl sites for hydroxylation is 2. The van der Waals surface area contributed by atoms with E-state index in [0.717, 1.165) is 40.6 Å². The van der Waals surface area contributed by atoms with Crippen LogP contribution in [-0.4, -0.2) is 30.5 Å². The van der Waals surface area contributed by atoms with Crippen LogP contribution in [-0.2, 0) is 11.3 Å². The number of thiazole rings is 1. The van der Waals surface area contributed by atoms with E-state index in [-0.39, 0.29) is 12.5 Å². The van der Waals surface area contributed by atoms with Crippen molar-refractivity contribution in [1.29, 1.82) is 0 Å². The van der Waals surface area contributed by atoms with E-state index in [2.05, 4.69) is 20.5 Å². The van der Waals surface area contributed by atoms with Crippen LogP contribution in [0.5, 0.6) is 0 Å². The van der Waals surface area contributed by atoms with Crippen LogP contribution in [0.2, 0.25) is 0 Å². The molecular formula is C19H24N6OS. The molecule has 142 valence electrons. The van der Waals surface area contributed by atoms with E-state index in [0.29, 0.717) is 6.04 Å². The summed E-state index contributed by atoms with van der Waals surface area (Å²) in [5, 5.41) is 12.2. The van der Waals surface area contributed by atoms with Gasteiger partial charge in [0.25, 0.3) is 0 Å². The number of hydrogen-bond acceptors (Lipinski definition) is 5. The summed E-state index contributed by atoms with van der Waals surface area (Å²) < 4.78 is 3.67. The predicted molar refractivity (Wildman–Crippen MR) is 106 cm³/mol. The highest BCUT2D eigenvalue weighted by Gasteiger charge is 2.20. The number of anilines is 1. The minimum Gasteiger partial charge on any atom is -0.309 e. The molecule has 1 aliphatic carbocycles. The Morgan fingerprint density at radius 3 is 2.81 bits per heavy atom. The molecule has 1 amide bonds. The first kappa shape index (κ1) is 17.9. The standard InChI is InChI=1S/C19H24N6OS/c1-13-10-17(25(22-13)15-6-4-3-5-7-15)21-18(26)11-24-9-8-16(23-24)19-14(2)20-12-27-19/h8-10,12,15H,3-7,11H2,1-2H3,(H,21,26). The van der Waals surface area contributed by atoms with Crippen molar-refractivity contribution < 1.29 is 4.79 Å². The molecule has 1 saturated carbocycles. The van der Waals surface area contributed by atoms with Crippen molar-refractivity contribution in [2.75, 3.05) is 5.32 Å². The molecule has 4 rings (SSSR count). The number of amides is 1. The topological polar surface area (TPSA) is 77.6 Å². The molecule has 8 heteroatoms. The fourth-order valence-electron chi connectivity index (χ4n) is 3.66. The number of rotatable bonds is 5. The Morgan fingerprint density at radius 1 is 1.26 bits per heavy atom. The van der Waals surface area contributed by atoms with Gasteiger partial charge in [-0.2, -0.15) is 10.2 Å². The number of aromatic nitrogens is 5. The Labute approximate surface area is 162 Å². The maximum atomic E-state index is 12.6. The summed E-state index contributed by atoms with van der Waals surface area (Å²) in [7, 11) is 0. The van der Waals surface area contributed by atoms with Crippen LogP contribution in [0.25, 0.3) is 10.6 Å². The fraction of sp³-hybridized carbons (Fsp3) is 0.474. The second kappa shape index (κ2) is 7.64. The van der Waals surface area contributed by atoms with Crippen LogP contribution in [0.3, 0.4) is 0 Å². The maximum Gasteiger partial charge on any atom is 0.247 e. The van der Waals surface area contributed by atoms with Crippen LogP contribution in [0, 0.1) is 13.8 Å². The number of carbonyl (C=O) groups is 1. The van der Waals surface area contributed by atoms with Gasteiger partial charge in [0, 0.05) is 12.3 Å². The van der Waals surface area contributed by atoms with Crippen LogP contribution in [0.15, 0.2) is 23.8 Å². The van der Waals surface area contributed by atoms with Gasteiger partial charge in [0.15, 0.2) is 0 Å². The molecule has 27 heavy (non-hydrogen) atoms. The van der Waals surface area contributed by atoms with E-state index in [4.69, 9.17) is 0 Å². The van der Waals surface area contributed by atoms with Gasteiger partial charge in [-0.1, -0.05) is 19.3 Å². The van der Waals surface area contributed by atoms with Gasteiger partial charge in [0.05, 0.1) is 27.8 Å². The highest BCUT2D eigenvalue weighted by Crippen LogP contribution is 2.30. The second-order valence-electron chi connectivity index (χ2n) is 7.12. The molecule has 0 aliphatic heterocycles. The Bertz CT molecular complexity index is 934. The summed E-state index contributed by atoms with van der Waals surface area (Å²) in [4.78, 5) is 17.9. The molecule has 0 bridgehead atoms. The molecule has 0 saturated heterocycles. The zero-order chi connectivity index (χ0) is 18.8. The predicted octanol–water partition coefficient (Wildman–Crippen LogP) is 3.96. The normalized spacial score (nSPS) is 15.2. The van der Waals surface area contributed by atoms with E-state index < -0.39 is 0 Å². The van der Waals surface area contributed by atoms with Crippen molar-refractivity contribution in [1.82, 2.24) is 24.5 Å². The third kappa shape index (κ3) is 3.95. The van der Waals surface area contributed by atoms with Crippen LogP contribution in [0.1, 0.15) is 49.5 Å². The summed E-state index contributed by atoms with van der Waals surface area (Å²) in [6.45, 7) is 4.10. The molecular weight excluding hydrogens is 360 g/mol. The average molecular weight is 385 g/mol. The fourth-order valence-corrected chi connectivity index (χ4v) is 4.43. The lowest BCUT2D eigenvalue weighted by molar-refractivity contribution is -0.117. The molecule has 1 fully saturated rings. The van der Waals surface area contributed by atoms with Crippen LogP contribution < -0.4 is 5.32 Å². The zero-order valence-electron chi connectivity index (χ0n) is 15.7. The minimum absolute atomic E-state index is 0.0948. The van der Waals surface area contributed by atoms with Crippen LogP contribution in [0.4, 0.5) is 5.82 Å². The quantitative estimate of drug-likeness (QED) is 0.722. The third-order valence-corrected chi connectivity index (χ3v) is 5.92. The first-order valence-electron chi connectivity index (χ1n) is 9.40. The van der Waals surface area contributed by atoms with Gasteiger partial charge in [0.1, 0.15) is 18.1 Å². The number of hydrogen-bond donors (Lipinski definition) is 1. The zero-order valence-corrected chi connectivity index (χ0v) is 16.5. The molecule has 0 unspecified atom stereocenters. The molecule has 0 atom stereocenters. The van der Waals surface area contributed by atoms with Crippen LogP contribution >= 0.6 is 11.3 Å². The molecule has 7 nitrogen and oxygen atoms in total. The van der Waals surface area contributed by atoms with Crippen molar-refractivity contribution in [2.24, 2.45) is 0 Å². The first-order valence-corrected chi connectivity index (χ1v) is 10.3. The third-order valence-electron chi connectivity index (χ3n) is 4.97. The highest BCUT2D eigenvalue weighted by atomic mass is 32.1. The number of carbonyl (C=O) groups excluding carboxylic acids is 1. The Morgan fingerprint density at radius 2 is 2.07 bits per heavy atom. The minimum atomic E-state index is -0.0948. The first-order chi connectivity index (χ1) is 13.1. The second-order valence-corrected chi connectivity index (χ2v) is 7.98. The lowest BCUT2D eigenvalue weighted by atomic mass is 9.96. The van der Waals surface area contributed by atoms with Gasteiger partial charge >= 0.3 is 0 Å². The Kier molecular flexibility index (Phi) is 5.07. The molecule has 0 aromatic carbocycles. The van der Waals surface area contributed by atoms with Gasteiger partial charge < -0.3 is 5.32 Å². The summed E-state index contributed by atoms with van der Waals surface area (Å²) in [6.07, 6.45) is 7.83. The van der Waals surface area contributed by atoms with Gasteiger partial charge in [-0.25, -0.2) is 9.67 Å². The summed E-state index contributed by atoms with van der Waals surface area (Å²) in [5.41, 5.74) is 4.55. The number of nitrogens with zero attached hydrogens (tertiary/aromatic N) is 5. The lowest BCUT2D eigenvalue weighted by Crippen LogP contribution is -2.23. The largest absolute Gasteiger partial charge is 0.309 e. The Hall–Kier alpha value is -2.48. The number of nitrogens with one attached hydrogen (secondary N) is 1. The Balaban J connectivity index is 1.44.